The molecule has 0 radical (unpaired) electrons. The molecule has 2 N–H and O–H groups in total. The smallest absolute Gasteiger partial charge is 0.323 e. The van der Waals surface area contributed by atoms with Crippen molar-refractivity contribution in [3.63, 3.8) is 0 Å². The van der Waals surface area contributed by atoms with Gasteiger partial charge in [-0.2, -0.15) is 0 Å². The Hall–Kier alpha value is -1.63. The van der Waals surface area contributed by atoms with Crippen LogP contribution >= 0.6 is 11.3 Å². The Bertz CT molecular complexity index is 353. The molecular formula is C9H13N3O3S. The summed E-state index contributed by atoms with van der Waals surface area (Å²) in [7, 11) is 0. The summed E-state index contributed by atoms with van der Waals surface area (Å²) in [6, 6.07) is -0.389. The zero-order valence-electron chi connectivity index (χ0n) is 8.84. The summed E-state index contributed by atoms with van der Waals surface area (Å²) in [5.74, 6) is -1.02. The maximum atomic E-state index is 11.5. The second-order valence-corrected chi connectivity index (χ2v) is 3.97. The van der Waals surface area contributed by atoms with Crippen molar-refractivity contribution >= 4 is 23.3 Å². The number of thiazole rings is 1. The van der Waals surface area contributed by atoms with Gasteiger partial charge in [-0.25, -0.2) is 9.78 Å². The van der Waals surface area contributed by atoms with Crippen molar-refractivity contribution in [3.8, 4) is 0 Å². The molecule has 6 nitrogen and oxygen atoms in total. The van der Waals surface area contributed by atoms with Crippen molar-refractivity contribution in [2.24, 2.45) is 0 Å². The Labute approximate surface area is 96.9 Å². The highest BCUT2D eigenvalue weighted by Crippen LogP contribution is 2.03. The number of nitrogens with one attached hydrogen (secondary N) is 1. The molecule has 0 unspecified atom stereocenters. The van der Waals surface area contributed by atoms with Crippen molar-refractivity contribution in [2.45, 2.75) is 13.5 Å². The molecule has 1 aromatic rings. The van der Waals surface area contributed by atoms with Gasteiger partial charge in [0.25, 0.3) is 0 Å². The van der Waals surface area contributed by atoms with E-state index >= 15 is 0 Å². The molecule has 0 fully saturated rings. The molecule has 88 valence electrons. The van der Waals surface area contributed by atoms with Gasteiger partial charge in [-0.3, -0.25) is 4.79 Å². The minimum atomic E-state index is -1.02. The van der Waals surface area contributed by atoms with Gasteiger partial charge in [0, 0.05) is 18.1 Å². The fourth-order valence-corrected chi connectivity index (χ4v) is 1.65. The van der Waals surface area contributed by atoms with E-state index in [1.807, 2.05) is 5.38 Å². The second-order valence-electron chi connectivity index (χ2n) is 2.99. The summed E-state index contributed by atoms with van der Waals surface area (Å²) in [4.78, 5) is 27.2. The summed E-state index contributed by atoms with van der Waals surface area (Å²) < 4.78 is 0. The first kappa shape index (κ1) is 12.4. The number of carbonyl (C=O) groups excluding carboxylic acids is 1. The third kappa shape index (κ3) is 3.85. The molecule has 0 atom stereocenters. The number of aliphatic carboxylic acids is 1. The van der Waals surface area contributed by atoms with Crippen molar-refractivity contribution in [1.82, 2.24) is 15.2 Å². The molecule has 1 rings (SSSR count). The minimum Gasteiger partial charge on any atom is -0.480 e. The molecule has 16 heavy (non-hydrogen) atoms. The Morgan fingerprint density at radius 3 is 2.88 bits per heavy atom. The monoisotopic (exact) mass is 243 g/mol. The highest BCUT2D eigenvalue weighted by Gasteiger charge is 2.14. The Kier molecular flexibility index (Phi) is 4.71. The summed E-state index contributed by atoms with van der Waals surface area (Å²) in [5.41, 5.74) is 0. The van der Waals surface area contributed by atoms with E-state index in [1.54, 1.807) is 13.1 Å². The van der Waals surface area contributed by atoms with Gasteiger partial charge in [0.05, 0.1) is 6.54 Å². The zero-order chi connectivity index (χ0) is 12.0. The lowest BCUT2D eigenvalue weighted by Crippen LogP contribution is -2.42. The third-order valence-corrected chi connectivity index (χ3v) is 2.65. The Morgan fingerprint density at radius 2 is 2.38 bits per heavy atom. The summed E-state index contributed by atoms with van der Waals surface area (Å²) in [5, 5.41) is 13.8. The van der Waals surface area contributed by atoms with Gasteiger partial charge in [-0.1, -0.05) is 0 Å². The number of nitrogens with zero attached hydrogens (tertiary/aromatic N) is 2. The topological polar surface area (TPSA) is 82.5 Å². The molecule has 1 aromatic heterocycles. The van der Waals surface area contributed by atoms with Crippen molar-refractivity contribution in [3.05, 3.63) is 16.6 Å². The lowest BCUT2D eigenvalue weighted by Gasteiger charge is -2.18. The third-order valence-electron chi connectivity index (χ3n) is 1.87. The van der Waals surface area contributed by atoms with E-state index in [-0.39, 0.29) is 12.6 Å². The van der Waals surface area contributed by atoms with E-state index in [1.165, 1.54) is 16.2 Å². The van der Waals surface area contributed by atoms with E-state index in [4.69, 9.17) is 5.11 Å². The van der Waals surface area contributed by atoms with Crippen LogP contribution in [0.4, 0.5) is 4.79 Å². The van der Waals surface area contributed by atoms with Crippen LogP contribution in [0.15, 0.2) is 11.6 Å². The van der Waals surface area contributed by atoms with Gasteiger partial charge >= 0.3 is 12.0 Å². The Morgan fingerprint density at radius 1 is 1.62 bits per heavy atom. The number of hydrogen-bond donors (Lipinski definition) is 2. The number of rotatable bonds is 5. The summed E-state index contributed by atoms with van der Waals surface area (Å²) >= 11 is 1.44. The first-order chi connectivity index (χ1) is 7.63. The number of aromatic nitrogens is 1. The summed E-state index contributed by atoms with van der Waals surface area (Å²) in [6.07, 6.45) is 1.65. The normalized spacial score (nSPS) is 9.81. The first-order valence-electron chi connectivity index (χ1n) is 4.76. The van der Waals surface area contributed by atoms with Crippen molar-refractivity contribution in [1.29, 1.82) is 0 Å². The zero-order valence-corrected chi connectivity index (χ0v) is 9.66. The number of carboxylic acids is 1. The van der Waals surface area contributed by atoms with Crippen LogP contribution in [0.3, 0.4) is 0 Å². The highest BCUT2D eigenvalue weighted by molar-refractivity contribution is 7.09. The largest absolute Gasteiger partial charge is 0.480 e. The van der Waals surface area contributed by atoms with Crippen LogP contribution in [0.5, 0.6) is 0 Å². The minimum absolute atomic E-state index is 0.291. The molecule has 0 spiro atoms. The van der Waals surface area contributed by atoms with E-state index in [9.17, 15) is 9.59 Å². The standard InChI is InChI=1S/C9H13N3O3S/c1-2-12(6-8(13)14)9(15)11-5-7-10-3-4-16-7/h3-4H,2,5-6H2,1H3,(H,11,15)(H,13,14). The van der Waals surface area contributed by atoms with Crippen molar-refractivity contribution < 1.29 is 14.7 Å². The predicted octanol–water partition coefficient (Wildman–Crippen LogP) is 0.759. The van der Waals surface area contributed by atoms with Gasteiger partial charge in [0.15, 0.2) is 0 Å². The van der Waals surface area contributed by atoms with Gasteiger partial charge in [-0.05, 0) is 6.92 Å². The number of amides is 2. The predicted molar refractivity (Wildman–Crippen MR) is 59.2 cm³/mol. The van der Waals surface area contributed by atoms with Gasteiger partial charge in [0.1, 0.15) is 11.6 Å². The maximum Gasteiger partial charge on any atom is 0.323 e. The number of likely N-dealkylation sites (N-methyl/N-ethyl adjacent to an activating group) is 1. The highest BCUT2D eigenvalue weighted by atomic mass is 32.1. The van der Waals surface area contributed by atoms with Gasteiger partial charge < -0.3 is 15.3 Å². The van der Waals surface area contributed by atoms with E-state index in [2.05, 4.69) is 10.3 Å². The molecule has 1 heterocycles. The number of urea groups is 1. The van der Waals surface area contributed by atoms with Crippen LogP contribution in [0.1, 0.15) is 11.9 Å². The number of carbonyl (C=O) groups is 2. The molecule has 0 aliphatic carbocycles. The van der Waals surface area contributed by atoms with Crippen LogP contribution in [0, 0.1) is 0 Å². The number of carboxylic acid groups (broad SMARTS) is 1. The molecule has 0 aliphatic rings. The summed E-state index contributed by atoms with van der Waals surface area (Å²) in [6.45, 7) is 2.12. The fraction of sp³-hybridized carbons (Fsp3) is 0.444. The lowest BCUT2D eigenvalue weighted by molar-refractivity contribution is -0.137. The van der Waals surface area contributed by atoms with Crippen LogP contribution in [0.2, 0.25) is 0 Å². The molecule has 0 aromatic carbocycles. The van der Waals surface area contributed by atoms with Crippen LogP contribution < -0.4 is 5.32 Å². The quantitative estimate of drug-likeness (QED) is 0.799. The van der Waals surface area contributed by atoms with Crippen LogP contribution in [0.25, 0.3) is 0 Å². The average molecular weight is 243 g/mol. The maximum absolute atomic E-state index is 11.5. The lowest BCUT2D eigenvalue weighted by atomic mass is 10.5. The second kappa shape index (κ2) is 6.06. The molecule has 0 bridgehead atoms. The molecule has 2 amide bonds. The number of hydrogen-bond acceptors (Lipinski definition) is 4. The van der Waals surface area contributed by atoms with Gasteiger partial charge in [-0.15, -0.1) is 11.3 Å². The SMILES string of the molecule is CCN(CC(=O)O)C(=O)NCc1nccs1. The van der Waals surface area contributed by atoms with Crippen LogP contribution in [-0.2, 0) is 11.3 Å². The average Bonchev–Trinajstić information content (AvgIpc) is 2.75. The van der Waals surface area contributed by atoms with E-state index < -0.39 is 5.97 Å². The molecule has 7 heteroatoms. The van der Waals surface area contributed by atoms with E-state index in [0.717, 1.165) is 5.01 Å². The first-order valence-corrected chi connectivity index (χ1v) is 5.64. The Balaban J connectivity index is 2.40. The van der Waals surface area contributed by atoms with E-state index in [0.29, 0.717) is 13.1 Å². The van der Waals surface area contributed by atoms with Crippen LogP contribution in [-0.4, -0.2) is 40.1 Å². The molecule has 0 saturated heterocycles. The molecular weight excluding hydrogens is 230 g/mol. The molecule has 0 aliphatic heterocycles. The van der Waals surface area contributed by atoms with Gasteiger partial charge in [0.2, 0.25) is 0 Å². The molecule has 0 saturated carbocycles. The van der Waals surface area contributed by atoms with Crippen molar-refractivity contribution in [2.75, 3.05) is 13.1 Å². The fourth-order valence-electron chi connectivity index (χ4n) is 1.09.